The van der Waals surface area contributed by atoms with Gasteiger partial charge in [0.1, 0.15) is 0 Å². The Morgan fingerprint density at radius 2 is 0.875 bits per heavy atom. The molecule has 0 heterocycles. The second kappa shape index (κ2) is 29.5. The summed E-state index contributed by atoms with van der Waals surface area (Å²) in [6.45, 7) is 19.7. The van der Waals surface area contributed by atoms with Crippen LogP contribution in [0, 0.1) is 22.7 Å². The van der Waals surface area contributed by atoms with Gasteiger partial charge in [0.15, 0.2) is 11.1 Å². The topological polar surface area (TPSA) is 254 Å². The van der Waals surface area contributed by atoms with Crippen LogP contribution in [0.4, 0.5) is 0 Å². The minimum absolute atomic E-state index is 0.0389. The predicted octanol–water partition coefficient (Wildman–Crippen LogP) is 4.50. The van der Waals surface area contributed by atoms with E-state index in [0.29, 0.717) is 52.7 Å². The number of carboxylic acid groups (broad SMARTS) is 2. The van der Waals surface area contributed by atoms with Crippen LogP contribution in [0.2, 0.25) is 12.1 Å². The Kier molecular flexibility index (Phi) is 30.8. The van der Waals surface area contributed by atoms with E-state index < -0.39 is 40.6 Å². The van der Waals surface area contributed by atoms with Crippen molar-refractivity contribution in [2.24, 2.45) is 21.7 Å². The van der Waals surface area contributed by atoms with Crippen LogP contribution in [0.25, 0.3) is 0 Å². The smallest absolute Gasteiger partial charge is 0.481 e. The van der Waals surface area contributed by atoms with Crippen LogP contribution in [-0.4, -0.2) is 104 Å². The Labute approximate surface area is 289 Å². The molecule has 0 aliphatic rings. The largest absolute Gasteiger partial charge is 0.500 e. The van der Waals surface area contributed by atoms with E-state index in [2.05, 4.69) is 10.2 Å². The SMILES string of the molecule is CC(C#N)(CCC(=O)O)N=NC(C)(C#N)CCC(=O)O.CCO[Si](CCCN)(OCC)OCC.CCO[Si](CCCN)(OCC)OCC. The minimum atomic E-state index is -2.40. The fourth-order valence-electron chi connectivity index (χ4n) is 3.82. The van der Waals surface area contributed by atoms with Gasteiger partial charge in [-0.3, -0.25) is 9.59 Å². The van der Waals surface area contributed by atoms with Gasteiger partial charge in [-0.05, 0) is 94.2 Å². The molecule has 0 aliphatic heterocycles. The van der Waals surface area contributed by atoms with Crippen molar-refractivity contribution < 1.29 is 46.4 Å². The van der Waals surface area contributed by atoms with Crippen molar-refractivity contribution in [2.45, 2.75) is 117 Å². The highest BCUT2D eigenvalue weighted by atomic mass is 28.4. The summed E-state index contributed by atoms with van der Waals surface area (Å²) in [5.41, 5.74) is 8.26. The molecular formula is C30H62N6O10Si2. The van der Waals surface area contributed by atoms with Crippen molar-refractivity contribution >= 4 is 29.5 Å². The first-order valence-electron chi connectivity index (χ1n) is 16.6. The fourth-order valence-corrected chi connectivity index (χ4v) is 9.10. The van der Waals surface area contributed by atoms with Crippen molar-refractivity contribution in [3.05, 3.63) is 0 Å². The maximum atomic E-state index is 10.5. The molecule has 0 radical (unpaired) electrons. The predicted molar refractivity (Wildman–Crippen MR) is 185 cm³/mol. The molecule has 0 saturated carbocycles. The highest BCUT2D eigenvalue weighted by Gasteiger charge is 2.40. The van der Waals surface area contributed by atoms with Crippen LogP contribution in [-0.2, 0) is 36.1 Å². The summed E-state index contributed by atoms with van der Waals surface area (Å²) in [5, 5.41) is 42.7. The van der Waals surface area contributed by atoms with Crippen LogP contribution in [0.15, 0.2) is 10.2 Å². The van der Waals surface area contributed by atoms with Crippen molar-refractivity contribution in [3.8, 4) is 12.1 Å². The Bertz CT molecular complexity index is 861. The molecule has 18 heteroatoms. The molecule has 48 heavy (non-hydrogen) atoms. The zero-order chi connectivity index (χ0) is 37.5. The van der Waals surface area contributed by atoms with Crippen LogP contribution >= 0.6 is 0 Å². The van der Waals surface area contributed by atoms with E-state index in [4.69, 9.17) is 58.8 Å². The van der Waals surface area contributed by atoms with E-state index in [-0.39, 0.29) is 25.7 Å². The first kappa shape index (κ1) is 50.0. The van der Waals surface area contributed by atoms with E-state index in [1.807, 2.05) is 53.7 Å². The van der Waals surface area contributed by atoms with Crippen LogP contribution in [0.3, 0.4) is 0 Å². The third-order valence-electron chi connectivity index (χ3n) is 6.18. The number of nitrogens with two attached hydrogens (primary N) is 2. The van der Waals surface area contributed by atoms with E-state index in [9.17, 15) is 9.59 Å². The second-order valence-corrected chi connectivity index (χ2v) is 16.0. The molecule has 16 nitrogen and oxygen atoms in total. The quantitative estimate of drug-likeness (QED) is 0.0708. The molecule has 0 rings (SSSR count). The maximum Gasteiger partial charge on any atom is 0.500 e. The van der Waals surface area contributed by atoms with Gasteiger partial charge in [0.25, 0.3) is 0 Å². The van der Waals surface area contributed by atoms with Gasteiger partial charge in [0, 0.05) is 64.6 Å². The van der Waals surface area contributed by atoms with Gasteiger partial charge in [0.05, 0.1) is 12.1 Å². The Morgan fingerprint density at radius 3 is 1.04 bits per heavy atom. The molecule has 280 valence electrons. The van der Waals surface area contributed by atoms with E-state index in [0.717, 1.165) is 24.9 Å². The number of carboxylic acids is 2. The molecule has 6 N–H and O–H groups in total. The first-order valence-corrected chi connectivity index (χ1v) is 20.5. The lowest BCUT2D eigenvalue weighted by Gasteiger charge is -2.28. The van der Waals surface area contributed by atoms with Crippen LogP contribution in [0.5, 0.6) is 0 Å². The summed E-state index contributed by atoms with van der Waals surface area (Å²) in [4.78, 5) is 21.0. The minimum Gasteiger partial charge on any atom is -0.481 e. The number of hydrogen-bond donors (Lipinski definition) is 4. The normalized spacial score (nSPS) is 13.9. The Hall–Kier alpha value is -2.37. The second-order valence-electron chi connectivity index (χ2n) is 10.5. The molecule has 0 saturated heterocycles. The molecule has 0 fully saturated rings. The molecule has 0 amide bonds. The maximum absolute atomic E-state index is 10.5. The third-order valence-corrected chi connectivity index (χ3v) is 12.5. The Balaban J connectivity index is -0.000000649. The van der Waals surface area contributed by atoms with Crippen LogP contribution < -0.4 is 11.5 Å². The molecule has 0 spiro atoms. The van der Waals surface area contributed by atoms with Gasteiger partial charge in [-0.15, -0.1) is 0 Å². The average Bonchev–Trinajstić information content (AvgIpc) is 3.05. The molecule has 2 atom stereocenters. The summed E-state index contributed by atoms with van der Waals surface area (Å²) >= 11 is 0. The summed E-state index contributed by atoms with van der Waals surface area (Å²) in [7, 11) is -4.79. The van der Waals surface area contributed by atoms with Crippen molar-refractivity contribution in [2.75, 3.05) is 52.7 Å². The lowest BCUT2D eigenvalue weighted by atomic mass is 9.97. The molecule has 0 aromatic rings. The van der Waals surface area contributed by atoms with Gasteiger partial charge in [0.2, 0.25) is 0 Å². The molecule has 2 unspecified atom stereocenters. The number of aliphatic carboxylic acids is 2. The molecular weight excluding hydrogens is 661 g/mol. The number of nitrogens with zero attached hydrogens (tertiary/aromatic N) is 4. The lowest BCUT2D eigenvalue weighted by Crippen LogP contribution is -2.46. The van der Waals surface area contributed by atoms with E-state index in [1.165, 1.54) is 13.8 Å². The lowest BCUT2D eigenvalue weighted by molar-refractivity contribution is -0.138. The van der Waals surface area contributed by atoms with Gasteiger partial charge >= 0.3 is 29.5 Å². The first-order chi connectivity index (χ1) is 22.6. The summed E-state index contributed by atoms with van der Waals surface area (Å²) in [5.74, 6) is -2.12. The highest BCUT2D eigenvalue weighted by molar-refractivity contribution is 6.61. The van der Waals surface area contributed by atoms with Crippen molar-refractivity contribution in [1.29, 1.82) is 10.5 Å². The van der Waals surface area contributed by atoms with Gasteiger partial charge in [-0.2, -0.15) is 20.8 Å². The van der Waals surface area contributed by atoms with Crippen molar-refractivity contribution in [3.63, 3.8) is 0 Å². The zero-order valence-corrected chi connectivity index (χ0v) is 32.4. The summed E-state index contributed by atoms with van der Waals surface area (Å²) in [6.07, 6.45) is 1.22. The zero-order valence-electron chi connectivity index (χ0n) is 30.4. The Morgan fingerprint density at radius 1 is 0.625 bits per heavy atom. The molecule has 0 aromatic heterocycles. The van der Waals surface area contributed by atoms with E-state index in [1.54, 1.807) is 0 Å². The summed E-state index contributed by atoms with van der Waals surface area (Å²) in [6, 6.07) is 5.33. The standard InChI is InChI=1S/C12H16N4O4.2C9H23NO3Si/c1-11(7-13,5-3-9(17)18)15-16-12(2,8-14)6-4-10(19)20;2*1-4-11-14(12-5-2,13-6-3)9-7-8-10/h3-6H2,1-2H3,(H,17,18)(H,19,20);2*4-10H2,1-3H3. The molecule has 0 aromatic carbocycles. The van der Waals surface area contributed by atoms with Crippen molar-refractivity contribution in [1.82, 2.24) is 0 Å². The number of carbonyl (C=O) groups is 2. The number of nitriles is 2. The third kappa shape index (κ3) is 24.7. The fraction of sp³-hybridized carbons (Fsp3) is 0.867. The highest BCUT2D eigenvalue weighted by Crippen LogP contribution is 2.23. The molecule has 0 aliphatic carbocycles. The van der Waals surface area contributed by atoms with Gasteiger partial charge < -0.3 is 48.2 Å². The number of hydrogen-bond acceptors (Lipinski definition) is 14. The van der Waals surface area contributed by atoms with Crippen LogP contribution in [0.1, 0.15) is 93.9 Å². The van der Waals surface area contributed by atoms with Gasteiger partial charge in [-0.25, -0.2) is 0 Å². The average molecular weight is 723 g/mol. The monoisotopic (exact) mass is 722 g/mol. The number of azo groups is 1. The van der Waals surface area contributed by atoms with E-state index >= 15 is 0 Å². The van der Waals surface area contributed by atoms with Gasteiger partial charge in [-0.1, -0.05) is 0 Å². The number of rotatable bonds is 26. The molecule has 0 bridgehead atoms. The summed E-state index contributed by atoms with van der Waals surface area (Å²) < 4.78 is 33.9.